The van der Waals surface area contributed by atoms with E-state index in [0.717, 1.165) is 61.7 Å². The van der Waals surface area contributed by atoms with Gasteiger partial charge in [-0.25, -0.2) is 4.98 Å². The van der Waals surface area contributed by atoms with Crippen molar-refractivity contribution >= 4 is 28.4 Å². The number of carbonyl (C=O) groups is 2. The second-order valence-corrected chi connectivity index (χ2v) is 8.74. The maximum absolute atomic E-state index is 12.8. The van der Waals surface area contributed by atoms with Crippen LogP contribution in [0.5, 0.6) is 0 Å². The smallest absolute Gasteiger partial charge is 0.270 e. The molecule has 170 valence electrons. The second kappa shape index (κ2) is 9.44. The Balaban J connectivity index is 1.01. The van der Waals surface area contributed by atoms with Crippen LogP contribution in [0.1, 0.15) is 53.0 Å². The second-order valence-electron chi connectivity index (χ2n) is 8.74. The molecule has 1 aliphatic rings. The minimum atomic E-state index is -0.0508. The highest BCUT2D eigenvalue weighted by molar-refractivity contribution is 5.97. The van der Waals surface area contributed by atoms with Crippen LogP contribution in [0, 0.1) is 5.92 Å². The van der Waals surface area contributed by atoms with Crippen molar-refractivity contribution in [1.29, 1.82) is 0 Å². The highest BCUT2D eigenvalue weighted by Gasteiger charge is 2.24. The molecule has 1 aliphatic heterocycles. The van der Waals surface area contributed by atoms with E-state index in [-0.39, 0.29) is 11.8 Å². The predicted molar refractivity (Wildman–Crippen MR) is 126 cm³/mol. The largest absolute Gasteiger partial charge is 0.352 e. The molecule has 8 heteroatoms. The molecule has 0 saturated carbocycles. The summed E-state index contributed by atoms with van der Waals surface area (Å²) >= 11 is 0. The molecule has 0 atom stereocenters. The van der Waals surface area contributed by atoms with Gasteiger partial charge in [-0.2, -0.15) is 0 Å². The summed E-state index contributed by atoms with van der Waals surface area (Å²) < 4.78 is 1.85. The number of unbranched alkanes of at least 4 members (excludes halogenated alkanes) is 1. The topological polar surface area (TPSA) is 95.4 Å². The molecule has 0 unspecified atom stereocenters. The van der Waals surface area contributed by atoms with E-state index < -0.39 is 0 Å². The molecule has 4 aromatic rings. The molecule has 1 saturated heterocycles. The Hall–Kier alpha value is -3.68. The van der Waals surface area contributed by atoms with Gasteiger partial charge in [0.15, 0.2) is 0 Å². The fraction of sp³-hybridized carbons (Fsp3) is 0.360. The van der Waals surface area contributed by atoms with Crippen LogP contribution in [0.2, 0.25) is 0 Å². The number of aromatic amines is 1. The van der Waals surface area contributed by atoms with E-state index in [1.807, 2.05) is 33.7 Å². The standard InChI is InChI=1S/C25H28N6O2/c32-24(19-4-5-23-27-11-14-31(23)17-19)28-9-2-1-3-18-7-12-30(13-8-18)25(33)22-15-20-16-26-10-6-21(20)29-22/h4-6,10-11,14-18,29H,1-3,7-9,12-13H2,(H,28,32). The van der Waals surface area contributed by atoms with Crippen molar-refractivity contribution in [2.45, 2.75) is 32.1 Å². The van der Waals surface area contributed by atoms with Crippen molar-refractivity contribution < 1.29 is 9.59 Å². The molecule has 1 fully saturated rings. The van der Waals surface area contributed by atoms with Gasteiger partial charge in [0.05, 0.1) is 5.56 Å². The van der Waals surface area contributed by atoms with Gasteiger partial charge in [0, 0.05) is 61.5 Å². The van der Waals surface area contributed by atoms with E-state index >= 15 is 0 Å². The molecule has 0 radical (unpaired) electrons. The third-order valence-electron chi connectivity index (χ3n) is 6.53. The zero-order chi connectivity index (χ0) is 22.6. The number of hydrogen-bond donors (Lipinski definition) is 2. The minimum Gasteiger partial charge on any atom is -0.352 e. The Bertz CT molecular complexity index is 1240. The first kappa shape index (κ1) is 21.2. The van der Waals surface area contributed by atoms with Crippen LogP contribution in [-0.2, 0) is 0 Å². The van der Waals surface area contributed by atoms with Gasteiger partial charge in [-0.1, -0.05) is 12.8 Å². The van der Waals surface area contributed by atoms with Gasteiger partial charge in [-0.05, 0) is 49.4 Å². The first-order valence-corrected chi connectivity index (χ1v) is 11.6. The number of amides is 2. The molecular formula is C25H28N6O2. The summed E-state index contributed by atoms with van der Waals surface area (Å²) in [4.78, 5) is 38.7. The molecule has 33 heavy (non-hydrogen) atoms. The van der Waals surface area contributed by atoms with E-state index in [9.17, 15) is 9.59 Å². The number of pyridine rings is 2. The van der Waals surface area contributed by atoms with Gasteiger partial charge in [0.2, 0.25) is 0 Å². The average molecular weight is 445 g/mol. The lowest BCUT2D eigenvalue weighted by Crippen LogP contribution is -2.38. The third kappa shape index (κ3) is 4.74. The van der Waals surface area contributed by atoms with Crippen LogP contribution in [0.3, 0.4) is 0 Å². The quantitative estimate of drug-likeness (QED) is 0.425. The highest BCUT2D eigenvalue weighted by Crippen LogP contribution is 2.24. The monoisotopic (exact) mass is 444 g/mol. The number of H-pyrrole nitrogens is 1. The predicted octanol–water partition coefficient (Wildman–Crippen LogP) is 3.66. The Morgan fingerprint density at radius 1 is 1.12 bits per heavy atom. The van der Waals surface area contributed by atoms with Gasteiger partial charge < -0.3 is 19.6 Å². The lowest BCUT2D eigenvalue weighted by molar-refractivity contribution is 0.0681. The molecule has 5 heterocycles. The van der Waals surface area contributed by atoms with E-state index in [1.165, 1.54) is 0 Å². The molecule has 0 spiro atoms. The zero-order valence-corrected chi connectivity index (χ0v) is 18.5. The van der Waals surface area contributed by atoms with Gasteiger partial charge in [0.25, 0.3) is 11.8 Å². The molecule has 4 aromatic heterocycles. The Kier molecular flexibility index (Phi) is 6.06. The number of aromatic nitrogens is 4. The summed E-state index contributed by atoms with van der Waals surface area (Å²) in [5.74, 6) is 0.659. The molecule has 8 nitrogen and oxygen atoms in total. The first-order chi connectivity index (χ1) is 16.2. The molecule has 2 N–H and O–H groups in total. The van der Waals surface area contributed by atoms with Crippen molar-refractivity contribution in [3.63, 3.8) is 0 Å². The Morgan fingerprint density at radius 3 is 2.85 bits per heavy atom. The van der Waals surface area contributed by atoms with Gasteiger partial charge in [0.1, 0.15) is 11.3 Å². The fourth-order valence-electron chi connectivity index (χ4n) is 4.60. The Morgan fingerprint density at radius 2 is 2.00 bits per heavy atom. The van der Waals surface area contributed by atoms with Crippen LogP contribution in [0.25, 0.3) is 16.6 Å². The van der Waals surface area contributed by atoms with E-state index in [2.05, 4.69) is 20.3 Å². The summed E-state index contributed by atoms with van der Waals surface area (Å²) in [6.07, 6.45) is 14.1. The summed E-state index contributed by atoms with van der Waals surface area (Å²) in [5, 5.41) is 3.97. The average Bonchev–Trinajstić information content (AvgIpc) is 3.50. The van der Waals surface area contributed by atoms with E-state index in [0.29, 0.717) is 23.7 Å². The maximum atomic E-state index is 12.8. The number of likely N-dealkylation sites (tertiary alicyclic amines) is 1. The summed E-state index contributed by atoms with van der Waals surface area (Å²) in [6, 6.07) is 7.43. The van der Waals surface area contributed by atoms with Gasteiger partial charge >= 0.3 is 0 Å². The van der Waals surface area contributed by atoms with E-state index in [1.54, 1.807) is 30.9 Å². The lowest BCUT2D eigenvalue weighted by Gasteiger charge is -2.31. The van der Waals surface area contributed by atoms with Crippen LogP contribution >= 0.6 is 0 Å². The number of nitrogens with one attached hydrogen (secondary N) is 2. The van der Waals surface area contributed by atoms with Crippen molar-refractivity contribution in [2.24, 2.45) is 5.92 Å². The van der Waals surface area contributed by atoms with E-state index in [4.69, 9.17) is 0 Å². The molecular weight excluding hydrogens is 416 g/mol. The molecule has 0 aliphatic carbocycles. The van der Waals surface area contributed by atoms with Crippen LogP contribution < -0.4 is 5.32 Å². The van der Waals surface area contributed by atoms with Crippen molar-refractivity contribution in [3.8, 4) is 0 Å². The number of hydrogen-bond acceptors (Lipinski definition) is 4. The fourth-order valence-corrected chi connectivity index (χ4v) is 4.60. The number of fused-ring (bicyclic) bond motifs is 2. The highest BCUT2D eigenvalue weighted by atomic mass is 16.2. The SMILES string of the molecule is O=C(NCCCCC1CCN(C(=O)c2cc3cnccc3[nH]2)CC1)c1ccc2nccn2c1. The number of nitrogens with zero attached hydrogens (tertiary/aromatic N) is 4. The molecule has 5 rings (SSSR count). The summed E-state index contributed by atoms with van der Waals surface area (Å²) in [6.45, 7) is 2.27. The van der Waals surface area contributed by atoms with Crippen LogP contribution in [0.15, 0.2) is 55.2 Å². The first-order valence-electron chi connectivity index (χ1n) is 11.6. The van der Waals surface area contributed by atoms with Crippen molar-refractivity contribution in [3.05, 3.63) is 66.5 Å². The lowest BCUT2D eigenvalue weighted by atomic mass is 9.91. The van der Waals surface area contributed by atoms with Crippen molar-refractivity contribution in [2.75, 3.05) is 19.6 Å². The summed E-state index contributed by atoms with van der Waals surface area (Å²) in [5.41, 5.74) is 3.05. The molecule has 0 aromatic carbocycles. The normalized spacial score (nSPS) is 14.7. The number of piperidine rings is 1. The zero-order valence-electron chi connectivity index (χ0n) is 18.5. The van der Waals surface area contributed by atoms with Crippen LogP contribution in [-0.4, -0.2) is 55.7 Å². The number of rotatable bonds is 7. The summed E-state index contributed by atoms with van der Waals surface area (Å²) in [7, 11) is 0. The third-order valence-corrected chi connectivity index (χ3v) is 6.53. The Labute approximate surface area is 192 Å². The molecule has 0 bridgehead atoms. The number of carbonyl (C=O) groups excluding carboxylic acids is 2. The maximum Gasteiger partial charge on any atom is 0.270 e. The van der Waals surface area contributed by atoms with Crippen LogP contribution in [0.4, 0.5) is 0 Å². The number of imidazole rings is 1. The van der Waals surface area contributed by atoms with Crippen molar-refractivity contribution in [1.82, 2.24) is 29.6 Å². The molecule has 2 amide bonds. The van der Waals surface area contributed by atoms with Gasteiger partial charge in [-0.3, -0.25) is 14.6 Å². The van der Waals surface area contributed by atoms with Gasteiger partial charge in [-0.15, -0.1) is 0 Å². The minimum absolute atomic E-state index is 0.0508.